The van der Waals surface area contributed by atoms with E-state index in [2.05, 4.69) is 50.2 Å². The average Bonchev–Trinajstić information content (AvgIpc) is 2.29. The molecule has 0 fully saturated rings. The van der Waals surface area contributed by atoms with Crippen LogP contribution in [0.2, 0.25) is 0 Å². The Morgan fingerprint density at radius 2 is 1.88 bits per heavy atom. The summed E-state index contributed by atoms with van der Waals surface area (Å²) in [6, 6.07) is 8.57. The number of hydrogen-bond acceptors (Lipinski definition) is 3. The molecule has 0 bridgehead atoms. The maximum Gasteiger partial charge on any atom is 0.140 e. The van der Waals surface area contributed by atoms with E-state index in [-0.39, 0.29) is 5.84 Å². The third-order valence-electron chi connectivity index (χ3n) is 2.51. The second kappa shape index (κ2) is 6.55. The van der Waals surface area contributed by atoms with Gasteiger partial charge in [-0.15, -0.1) is 11.8 Å². The Morgan fingerprint density at radius 3 is 2.35 bits per heavy atom. The van der Waals surface area contributed by atoms with Gasteiger partial charge in [-0.1, -0.05) is 38.1 Å². The zero-order valence-electron chi connectivity index (χ0n) is 10.6. The number of hydrogen-bond donors (Lipinski definition) is 2. The van der Waals surface area contributed by atoms with Crippen molar-refractivity contribution >= 4 is 17.6 Å². The lowest BCUT2D eigenvalue weighted by Gasteiger charge is -2.11. The van der Waals surface area contributed by atoms with Crippen molar-refractivity contribution in [3.8, 4) is 0 Å². The van der Waals surface area contributed by atoms with Gasteiger partial charge in [0.25, 0.3) is 0 Å². The molecule has 0 saturated heterocycles. The fourth-order valence-electron chi connectivity index (χ4n) is 1.54. The highest BCUT2D eigenvalue weighted by molar-refractivity contribution is 8.00. The van der Waals surface area contributed by atoms with Crippen molar-refractivity contribution in [1.29, 1.82) is 0 Å². The normalized spacial score (nSPS) is 14.0. The van der Waals surface area contributed by atoms with E-state index in [0.717, 1.165) is 0 Å². The average molecular weight is 252 g/mol. The summed E-state index contributed by atoms with van der Waals surface area (Å²) < 4.78 is 0. The first-order chi connectivity index (χ1) is 8.02. The first-order valence-electron chi connectivity index (χ1n) is 5.76. The fraction of sp³-hybridized carbons (Fsp3) is 0.462. The summed E-state index contributed by atoms with van der Waals surface area (Å²) in [4.78, 5) is 1.22. The summed E-state index contributed by atoms with van der Waals surface area (Å²) in [6.45, 7) is 6.44. The predicted octanol–water partition coefficient (Wildman–Crippen LogP) is 3.43. The van der Waals surface area contributed by atoms with E-state index < -0.39 is 0 Å². The molecule has 3 nitrogen and oxygen atoms in total. The number of benzene rings is 1. The van der Waals surface area contributed by atoms with Crippen molar-refractivity contribution in [1.82, 2.24) is 0 Å². The standard InChI is InChI=1S/C13H20N2OS/c1-9(2)11-4-6-12(7-5-11)17-10(3)8-13(14)15-16/h4-7,9-10,16H,8H2,1-3H3,(H2,14,15). The molecule has 1 unspecified atom stereocenters. The molecule has 0 aliphatic heterocycles. The van der Waals surface area contributed by atoms with Gasteiger partial charge in [-0.2, -0.15) is 0 Å². The Kier molecular flexibility index (Phi) is 5.35. The van der Waals surface area contributed by atoms with Gasteiger partial charge in [-0.25, -0.2) is 0 Å². The predicted molar refractivity (Wildman–Crippen MR) is 73.9 cm³/mol. The monoisotopic (exact) mass is 252 g/mol. The molecule has 0 aliphatic carbocycles. The zero-order chi connectivity index (χ0) is 12.8. The Labute approximate surface area is 107 Å². The van der Waals surface area contributed by atoms with Crippen LogP contribution >= 0.6 is 11.8 Å². The van der Waals surface area contributed by atoms with Gasteiger partial charge in [0.2, 0.25) is 0 Å². The minimum absolute atomic E-state index is 0.281. The molecule has 4 heteroatoms. The molecular weight excluding hydrogens is 232 g/mol. The molecule has 1 rings (SSSR count). The van der Waals surface area contributed by atoms with E-state index in [1.54, 1.807) is 11.8 Å². The smallest absolute Gasteiger partial charge is 0.140 e. The SMILES string of the molecule is CC(C/C(N)=N/O)Sc1ccc(C(C)C)cc1. The quantitative estimate of drug-likeness (QED) is 0.277. The summed E-state index contributed by atoms with van der Waals surface area (Å²) in [5, 5.41) is 11.8. The largest absolute Gasteiger partial charge is 0.409 e. The molecule has 1 aromatic rings. The van der Waals surface area contributed by atoms with Gasteiger partial charge >= 0.3 is 0 Å². The van der Waals surface area contributed by atoms with Gasteiger partial charge < -0.3 is 10.9 Å². The molecule has 0 amide bonds. The number of thioether (sulfide) groups is 1. The second-order valence-corrected chi connectivity index (χ2v) is 5.96. The van der Waals surface area contributed by atoms with Crippen molar-refractivity contribution in [2.75, 3.05) is 0 Å². The van der Waals surface area contributed by atoms with Crippen LogP contribution in [-0.4, -0.2) is 16.3 Å². The molecule has 0 aromatic heterocycles. The van der Waals surface area contributed by atoms with Crippen LogP contribution in [0.1, 0.15) is 38.7 Å². The maximum absolute atomic E-state index is 8.50. The van der Waals surface area contributed by atoms with Gasteiger partial charge in [-0.05, 0) is 23.6 Å². The summed E-state index contributed by atoms with van der Waals surface area (Å²) >= 11 is 1.74. The van der Waals surface area contributed by atoms with Crippen LogP contribution in [0.15, 0.2) is 34.3 Å². The van der Waals surface area contributed by atoms with E-state index in [0.29, 0.717) is 17.6 Å². The van der Waals surface area contributed by atoms with Gasteiger partial charge in [0.1, 0.15) is 5.84 Å². The van der Waals surface area contributed by atoms with E-state index in [1.807, 2.05) is 0 Å². The molecule has 0 aliphatic rings. The Morgan fingerprint density at radius 1 is 1.29 bits per heavy atom. The summed E-state index contributed by atoms with van der Waals surface area (Å²) in [6.07, 6.45) is 0.590. The molecule has 0 radical (unpaired) electrons. The number of rotatable bonds is 5. The van der Waals surface area contributed by atoms with Gasteiger partial charge in [-0.3, -0.25) is 0 Å². The zero-order valence-corrected chi connectivity index (χ0v) is 11.4. The topological polar surface area (TPSA) is 58.6 Å². The third kappa shape index (κ3) is 4.69. The lowest BCUT2D eigenvalue weighted by Crippen LogP contribution is -2.16. The fourth-order valence-corrected chi connectivity index (χ4v) is 2.55. The highest BCUT2D eigenvalue weighted by atomic mass is 32.2. The number of amidine groups is 1. The summed E-state index contributed by atoms with van der Waals surface area (Å²) in [5.41, 5.74) is 6.82. The van der Waals surface area contributed by atoms with Crippen LogP contribution in [0.3, 0.4) is 0 Å². The highest BCUT2D eigenvalue weighted by Crippen LogP contribution is 2.26. The highest BCUT2D eigenvalue weighted by Gasteiger charge is 2.07. The summed E-state index contributed by atoms with van der Waals surface area (Å²) in [7, 11) is 0. The Hall–Kier alpha value is -1.16. The van der Waals surface area contributed by atoms with Crippen LogP contribution in [0, 0.1) is 0 Å². The number of oxime groups is 1. The van der Waals surface area contributed by atoms with Crippen LogP contribution in [0.5, 0.6) is 0 Å². The van der Waals surface area contributed by atoms with Gasteiger partial charge in [0.05, 0.1) is 0 Å². The molecule has 0 saturated carbocycles. The first kappa shape index (κ1) is 13.9. The van der Waals surface area contributed by atoms with Gasteiger partial charge in [0.15, 0.2) is 0 Å². The van der Waals surface area contributed by atoms with E-state index in [9.17, 15) is 0 Å². The summed E-state index contributed by atoms with van der Waals surface area (Å²) in [5.74, 6) is 0.840. The minimum Gasteiger partial charge on any atom is -0.409 e. The van der Waals surface area contributed by atoms with Crippen LogP contribution in [0.4, 0.5) is 0 Å². The van der Waals surface area contributed by atoms with Crippen molar-refractivity contribution < 1.29 is 5.21 Å². The Balaban J connectivity index is 2.57. The number of nitrogens with zero attached hydrogens (tertiary/aromatic N) is 1. The van der Waals surface area contributed by atoms with Crippen molar-refractivity contribution in [3.05, 3.63) is 29.8 Å². The molecule has 0 heterocycles. The van der Waals surface area contributed by atoms with Crippen molar-refractivity contribution in [2.24, 2.45) is 10.9 Å². The lowest BCUT2D eigenvalue weighted by atomic mass is 10.0. The number of nitrogens with two attached hydrogens (primary N) is 1. The molecule has 3 N–H and O–H groups in total. The molecule has 0 spiro atoms. The van der Waals surface area contributed by atoms with Gasteiger partial charge in [0, 0.05) is 16.6 Å². The van der Waals surface area contributed by atoms with Crippen LogP contribution in [-0.2, 0) is 0 Å². The molecule has 1 atom stereocenters. The second-order valence-electron chi connectivity index (χ2n) is 4.45. The molecular formula is C13H20N2OS. The third-order valence-corrected chi connectivity index (χ3v) is 3.62. The van der Waals surface area contributed by atoms with Crippen LogP contribution < -0.4 is 5.73 Å². The Bertz CT molecular complexity index is 374. The van der Waals surface area contributed by atoms with Crippen molar-refractivity contribution in [3.63, 3.8) is 0 Å². The van der Waals surface area contributed by atoms with E-state index >= 15 is 0 Å². The van der Waals surface area contributed by atoms with E-state index in [4.69, 9.17) is 10.9 Å². The van der Waals surface area contributed by atoms with Crippen LogP contribution in [0.25, 0.3) is 0 Å². The first-order valence-corrected chi connectivity index (χ1v) is 6.64. The molecule has 1 aromatic carbocycles. The van der Waals surface area contributed by atoms with Crippen molar-refractivity contribution in [2.45, 2.75) is 43.3 Å². The maximum atomic E-state index is 8.50. The molecule has 94 valence electrons. The van der Waals surface area contributed by atoms with E-state index in [1.165, 1.54) is 10.5 Å². The molecule has 17 heavy (non-hydrogen) atoms. The lowest BCUT2D eigenvalue weighted by molar-refractivity contribution is 0.317. The minimum atomic E-state index is 0.281.